The van der Waals surface area contributed by atoms with Gasteiger partial charge in [0.2, 0.25) is 0 Å². The Balaban J connectivity index is 2.09. The van der Waals surface area contributed by atoms with Crippen molar-refractivity contribution in [3.63, 3.8) is 0 Å². The first-order valence-electron chi connectivity index (χ1n) is 6.35. The van der Waals surface area contributed by atoms with Crippen LogP contribution in [-0.2, 0) is 4.74 Å². The third kappa shape index (κ3) is 2.83. The topological polar surface area (TPSA) is 22.1 Å². The lowest BCUT2D eigenvalue weighted by Gasteiger charge is -2.28. The number of aryl methyl sites for hydroxylation is 1. The van der Waals surface area contributed by atoms with Crippen LogP contribution in [0, 0.1) is 12.8 Å². The van der Waals surface area contributed by atoms with Crippen molar-refractivity contribution >= 4 is 11.3 Å². The fourth-order valence-electron chi connectivity index (χ4n) is 2.53. The largest absolute Gasteiger partial charge is 0.371 e. The summed E-state index contributed by atoms with van der Waals surface area (Å²) in [5.74, 6) is 0.694. The number of aromatic nitrogens is 1. The zero-order valence-electron chi connectivity index (χ0n) is 10.2. The molecule has 0 aliphatic heterocycles. The second-order valence-electron chi connectivity index (χ2n) is 4.58. The molecule has 2 nitrogen and oxygen atoms in total. The zero-order chi connectivity index (χ0) is 11.4. The molecule has 1 aromatic rings. The van der Waals surface area contributed by atoms with E-state index in [4.69, 9.17) is 4.74 Å². The van der Waals surface area contributed by atoms with Crippen LogP contribution in [0.4, 0.5) is 0 Å². The molecule has 1 aromatic heterocycles. The third-order valence-corrected chi connectivity index (χ3v) is 4.28. The summed E-state index contributed by atoms with van der Waals surface area (Å²) in [6.45, 7) is 4.99. The first-order valence-corrected chi connectivity index (χ1v) is 7.17. The Morgan fingerprint density at radius 1 is 1.44 bits per heavy atom. The Hall–Kier alpha value is -0.410. The van der Waals surface area contributed by atoms with Gasteiger partial charge in [-0.25, -0.2) is 4.98 Å². The molecule has 1 atom stereocenters. The number of thiazole rings is 1. The van der Waals surface area contributed by atoms with Gasteiger partial charge in [-0.15, -0.1) is 11.3 Å². The van der Waals surface area contributed by atoms with Crippen molar-refractivity contribution in [3.05, 3.63) is 16.1 Å². The van der Waals surface area contributed by atoms with Crippen LogP contribution in [0.3, 0.4) is 0 Å². The van der Waals surface area contributed by atoms with E-state index in [2.05, 4.69) is 18.8 Å². The molecule has 3 heteroatoms. The first-order chi connectivity index (χ1) is 7.81. The minimum Gasteiger partial charge on any atom is -0.371 e. The Morgan fingerprint density at radius 2 is 2.19 bits per heavy atom. The van der Waals surface area contributed by atoms with E-state index in [9.17, 15) is 0 Å². The maximum absolute atomic E-state index is 5.93. The number of hydrogen-bond donors (Lipinski definition) is 0. The lowest BCUT2D eigenvalue weighted by atomic mass is 9.85. The molecule has 16 heavy (non-hydrogen) atoms. The summed E-state index contributed by atoms with van der Waals surface area (Å²) in [4.78, 5) is 5.79. The summed E-state index contributed by atoms with van der Waals surface area (Å²) < 4.78 is 5.93. The summed E-state index contributed by atoms with van der Waals surface area (Å²) in [5.41, 5.74) is 0. The van der Waals surface area contributed by atoms with Gasteiger partial charge >= 0.3 is 0 Å². The second-order valence-corrected chi connectivity index (χ2v) is 5.85. The Labute approximate surface area is 102 Å². The van der Waals surface area contributed by atoms with Crippen LogP contribution < -0.4 is 0 Å². The van der Waals surface area contributed by atoms with Crippen molar-refractivity contribution in [2.45, 2.75) is 52.1 Å². The van der Waals surface area contributed by atoms with E-state index < -0.39 is 0 Å². The van der Waals surface area contributed by atoms with E-state index in [1.165, 1.54) is 42.0 Å². The average molecular weight is 239 g/mol. The molecule has 0 bridgehead atoms. The van der Waals surface area contributed by atoms with Gasteiger partial charge in [-0.1, -0.05) is 19.3 Å². The predicted octanol–water partition coefficient (Wildman–Crippen LogP) is 4.11. The number of ether oxygens (including phenoxy) is 1. The molecule has 0 spiro atoms. The van der Waals surface area contributed by atoms with E-state index in [-0.39, 0.29) is 6.10 Å². The Kier molecular flexibility index (Phi) is 4.36. The molecule has 1 saturated carbocycles. The Morgan fingerprint density at radius 3 is 2.75 bits per heavy atom. The highest BCUT2D eigenvalue weighted by molar-refractivity contribution is 7.11. The zero-order valence-corrected chi connectivity index (χ0v) is 11.1. The minimum atomic E-state index is 0.254. The molecule has 2 rings (SSSR count). The summed E-state index contributed by atoms with van der Waals surface area (Å²) in [7, 11) is 0. The van der Waals surface area contributed by atoms with Gasteiger partial charge in [0.1, 0.15) is 11.1 Å². The summed E-state index contributed by atoms with van der Waals surface area (Å²) in [5, 5.41) is 1.19. The van der Waals surface area contributed by atoms with Crippen molar-refractivity contribution in [3.8, 4) is 0 Å². The summed E-state index contributed by atoms with van der Waals surface area (Å²) >= 11 is 1.79. The maximum atomic E-state index is 5.93. The molecule has 0 radical (unpaired) electrons. The van der Waals surface area contributed by atoms with E-state index >= 15 is 0 Å². The van der Waals surface area contributed by atoms with Crippen LogP contribution in [-0.4, -0.2) is 11.6 Å². The van der Waals surface area contributed by atoms with E-state index in [1.807, 2.05) is 6.20 Å². The van der Waals surface area contributed by atoms with Gasteiger partial charge in [0.15, 0.2) is 0 Å². The van der Waals surface area contributed by atoms with Gasteiger partial charge in [-0.2, -0.15) is 0 Å². The Bertz CT molecular complexity index is 317. The number of hydrogen-bond acceptors (Lipinski definition) is 3. The van der Waals surface area contributed by atoms with Crippen molar-refractivity contribution in [2.24, 2.45) is 5.92 Å². The molecule has 0 amide bonds. The second kappa shape index (κ2) is 5.78. The average Bonchev–Trinajstić information content (AvgIpc) is 2.74. The lowest BCUT2D eigenvalue weighted by Crippen LogP contribution is -2.19. The highest BCUT2D eigenvalue weighted by Gasteiger charge is 2.27. The molecule has 90 valence electrons. The van der Waals surface area contributed by atoms with Gasteiger partial charge in [0.25, 0.3) is 0 Å². The van der Waals surface area contributed by atoms with Gasteiger partial charge in [-0.05, 0) is 32.6 Å². The van der Waals surface area contributed by atoms with Crippen molar-refractivity contribution in [2.75, 3.05) is 6.61 Å². The predicted molar refractivity (Wildman–Crippen MR) is 67.8 cm³/mol. The highest BCUT2D eigenvalue weighted by Crippen LogP contribution is 2.38. The molecule has 1 fully saturated rings. The smallest absolute Gasteiger partial charge is 0.122 e. The number of rotatable bonds is 4. The summed E-state index contributed by atoms with van der Waals surface area (Å²) in [6.07, 6.45) is 8.95. The van der Waals surface area contributed by atoms with Crippen LogP contribution in [0.5, 0.6) is 0 Å². The quantitative estimate of drug-likeness (QED) is 0.789. The lowest BCUT2D eigenvalue weighted by molar-refractivity contribution is 0.00551. The minimum absolute atomic E-state index is 0.254. The molecule has 1 heterocycles. The molecule has 0 aromatic carbocycles. The van der Waals surface area contributed by atoms with E-state index in [0.717, 1.165) is 6.61 Å². The molecule has 0 saturated heterocycles. The standard InChI is InChI=1S/C13H21NOS/c1-3-15-12(11-7-5-4-6-8-11)13-14-9-10(2)16-13/h9,11-12H,3-8H2,1-2H3. The van der Waals surface area contributed by atoms with Crippen LogP contribution in [0.15, 0.2) is 6.20 Å². The van der Waals surface area contributed by atoms with Crippen LogP contribution in [0.2, 0.25) is 0 Å². The van der Waals surface area contributed by atoms with Crippen LogP contribution in [0.25, 0.3) is 0 Å². The van der Waals surface area contributed by atoms with Crippen LogP contribution >= 0.6 is 11.3 Å². The fraction of sp³-hybridized carbons (Fsp3) is 0.769. The normalized spacial score (nSPS) is 19.9. The number of nitrogens with zero attached hydrogens (tertiary/aromatic N) is 1. The van der Waals surface area contributed by atoms with Crippen LogP contribution in [0.1, 0.15) is 55.0 Å². The van der Waals surface area contributed by atoms with Gasteiger partial charge < -0.3 is 4.74 Å². The van der Waals surface area contributed by atoms with E-state index in [1.54, 1.807) is 11.3 Å². The molecule has 1 aliphatic rings. The van der Waals surface area contributed by atoms with Gasteiger partial charge in [-0.3, -0.25) is 0 Å². The summed E-state index contributed by atoms with van der Waals surface area (Å²) in [6, 6.07) is 0. The third-order valence-electron chi connectivity index (χ3n) is 3.31. The molecule has 0 N–H and O–H groups in total. The fourth-order valence-corrected chi connectivity index (χ4v) is 3.45. The molecule has 1 aliphatic carbocycles. The van der Waals surface area contributed by atoms with E-state index in [0.29, 0.717) is 5.92 Å². The van der Waals surface area contributed by atoms with Crippen molar-refractivity contribution < 1.29 is 4.74 Å². The van der Waals surface area contributed by atoms with Crippen molar-refractivity contribution in [1.82, 2.24) is 4.98 Å². The van der Waals surface area contributed by atoms with Crippen molar-refractivity contribution in [1.29, 1.82) is 0 Å². The van der Waals surface area contributed by atoms with Gasteiger partial charge in [0, 0.05) is 17.7 Å². The van der Waals surface area contributed by atoms with Gasteiger partial charge in [0.05, 0.1) is 0 Å². The maximum Gasteiger partial charge on any atom is 0.122 e. The molecular weight excluding hydrogens is 218 g/mol. The first kappa shape index (κ1) is 12.1. The SMILES string of the molecule is CCOC(c1ncc(C)s1)C1CCCCC1. The molecule has 1 unspecified atom stereocenters. The highest BCUT2D eigenvalue weighted by atomic mass is 32.1. The monoisotopic (exact) mass is 239 g/mol. The molecular formula is C13H21NOS.